The molecule has 0 aliphatic rings. The second-order valence-electron chi connectivity index (χ2n) is 3.70. The Kier molecular flexibility index (Phi) is 3.22. The van der Waals surface area contributed by atoms with E-state index in [1.807, 2.05) is 25.1 Å². The molecule has 2 N–H and O–H groups in total. The second-order valence-corrected chi connectivity index (χ2v) is 4.13. The zero-order valence-electron chi connectivity index (χ0n) is 8.92. The molecule has 0 radical (unpaired) electrons. The van der Waals surface area contributed by atoms with Crippen molar-refractivity contribution in [3.8, 4) is 0 Å². The summed E-state index contributed by atoms with van der Waals surface area (Å²) < 4.78 is 1.75. The molecular weight excluding hydrogens is 224 g/mol. The third kappa shape index (κ3) is 2.23. The SMILES string of the molecule is CC(N)C(c1ccccn1)n1cc(Cl)cn1. The van der Waals surface area contributed by atoms with Gasteiger partial charge < -0.3 is 5.73 Å². The number of halogens is 1. The summed E-state index contributed by atoms with van der Waals surface area (Å²) in [5.74, 6) is 0. The van der Waals surface area contributed by atoms with E-state index < -0.39 is 0 Å². The topological polar surface area (TPSA) is 56.7 Å². The molecule has 0 saturated heterocycles. The standard InChI is InChI=1S/C11H13ClN4/c1-8(13)11(10-4-2-3-5-14-10)16-7-9(12)6-15-16/h2-8,11H,13H2,1H3. The smallest absolute Gasteiger partial charge is 0.109 e. The van der Waals surface area contributed by atoms with Gasteiger partial charge in [-0.15, -0.1) is 0 Å². The molecule has 0 aromatic carbocycles. The Morgan fingerprint density at radius 2 is 2.25 bits per heavy atom. The molecule has 2 aromatic heterocycles. The van der Waals surface area contributed by atoms with E-state index in [1.165, 1.54) is 0 Å². The van der Waals surface area contributed by atoms with Crippen LogP contribution in [0.5, 0.6) is 0 Å². The summed E-state index contributed by atoms with van der Waals surface area (Å²) in [6, 6.07) is 5.56. The lowest BCUT2D eigenvalue weighted by Crippen LogP contribution is -2.31. The van der Waals surface area contributed by atoms with Crippen molar-refractivity contribution in [2.24, 2.45) is 5.73 Å². The molecule has 2 rings (SSSR count). The maximum atomic E-state index is 5.97. The minimum absolute atomic E-state index is 0.0892. The van der Waals surface area contributed by atoms with Crippen LogP contribution in [-0.2, 0) is 0 Å². The monoisotopic (exact) mass is 236 g/mol. The van der Waals surface area contributed by atoms with Crippen LogP contribution in [0.4, 0.5) is 0 Å². The molecule has 0 saturated carbocycles. The lowest BCUT2D eigenvalue weighted by molar-refractivity contribution is 0.444. The van der Waals surface area contributed by atoms with Gasteiger partial charge in [0.25, 0.3) is 0 Å². The molecule has 0 aliphatic carbocycles. The van der Waals surface area contributed by atoms with E-state index in [0.717, 1.165) is 5.69 Å². The summed E-state index contributed by atoms with van der Waals surface area (Å²) in [5.41, 5.74) is 6.85. The van der Waals surface area contributed by atoms with Crippen molar-refractivity contribution in [1.29, 1.82) is 0 Å². The van der Waals surface area contributed by atoms with Gasteiger partial charge in [-0.05, 0) is 19.1 Å². The molecule has 5 heteroatoms. The van der Waals surface area contributed by atoms with Crippen LogP contribution in [0.25, 0.3) is 0 Å². The minimum Gasteiger partial charge on any atom is -0.326 e. The van der Waals surface area contributed by atoms with Gasteiger partial charge in [0.2, 0.25) is 0 Å². The largest absolute Gasteiger partial charge is 0.326 e. The molecule has 0 aliphatic heterocycles. The highest BCUT2D eigenvalue weighted by Gasteiger charge is 2.20. The van der Waals surface area contributed by atoms with E-state index in [1.54, 1.807) is 23.3 Å². The number of hydrogen-bond acceptors (Lipinski definition) is 3. The van der Waals surface area contributed by atoms with E-state index >= 15 is 0 Å². The third-order valence-electron chi connectivity index (χ3n) is 2.34. The summed E-state index contributed by atoms with van der Waals surface area (Å²) in [6.07, 6.45) is 5.10. The number of rotatable bonds is 3. The normalized spacial score (nSPS) is 14.7. The van der Waals surface area contributed by atoms with E-state index in [9.17, 15) is 0 Å². The van der Waals surface area contributed by atoms with Gasteiger partial charge in [0, 0.05) is 18.4 Å². The number of nitrogens with zero attached hydrogens (tertiary/aromatic N) is 3. The van der Waals surface area contributed by atoms with Gasteiger partial charge in [0.05, 0.1) is 16.9 Å². The van der Waals surface area contributed by atoms with Crippen LogP contribution in [0.3, 0.4) is 0 Å². The first kappa shape index (κ1) is 11.1. The Morgan fingerprint density at radius 1 is 1.44 bits per heavy atom. The predicted octanol–water partition coefficient (Wildman–Crippen LogP) is 1.87. The van der Waals surface area contributed by atoms with Crippen molar-refractivity contribution in [2.45, 2.75) is 19.0 Å². The second kappa shape index (κ2) is 4.63. The van der Waals surface area contributed by atoms with Crippen LogP contribution in [0.2, 0.25) is 5.02 Å². The highest BCUT2D eigenvalue weighted by Crippen LogP contribution is 2.19. The Bertz CT molecular complexity index is 452. The highest BCUT2D eigenvalue weighted by molar-refractivity contribution is 6.30. The van der Waals surface area contributed by atoms with Crippen LogP contribution in [0.15, 0.2) is 36.8 Å². The number of nitrogens with two attached hydrogens (primary N) is 1. The van der Waals surface area contributed by atoms with Gasteiger partial charge in [0.1, 0.15) is 6.04 Å². The Labute approximate surface area is 99.1 Å². The molecule has 16 heavy (non-hydrogen) atoms. The fraction of sp³-hybridized carbons (Fsp3) is 0.273. The van der Waals surface area contributed by atoms with Crippen molar-refractivity contribution in [3.05, 3.63) is 47.5 Å². The van der Waals surface area contributed by atoms with Crippen LogP contribution < -0.4 is 5.73 Å². The van der Waals surface area contributed by atoms with Crippen LogP contribution in [-0.4, -0.2) is 20.8 Å². The van der Waals surface area contributed by atoms with Gasteiger partial charge in [-0.2, -0.15) is 5.10 Å². The van der Waals surface area contributed by atoms with Crippen molar-refractivity contribution >= 4 is 11.6 Å². The fourth-order valence-electron chi connectivity index (χ4n) is 1.66. The molecule has 2 heterocycles. The van der Waals surface area contributed by atoms with Gasteiger partial charge in [-0.25, -0.2) is 0 Å². The molecular formula is C11H13ClN4. The van der Waals surface area contributed by atoms with Crippen LogP contribution >= 0.6 is 11.6 Å². The predicted molar refractivity (Wildman–Crippen MR) is 63.3 cm³/mol. The molecule has 0 bridgehead atoms. The lowest BCUT2D eigenvalue weighted by atomic mass is 10.1. The minimum atomic E-state index is -0.0918. The lowest BCUT2D eigenvalue weighted by Gasteiger charge is -2.20. The quantitative estimate of drug-likeness (QED) is 0.885. The van der Waals surface area contributed by atoms with E-state index in [4.69, 9.17) is 17.3 Å². The Balaban J connectivity index is 2.39. The molecule has 0 spiro atoms. The number of pyridine rings is 1. The third-order valence-corrected chi connectivity index (χ3v) is 2.54. The van der Waals surface area contributed by atoms with Crippen molar-refractivity contribution in [3.63, 3.8) is 0 Å². The summed E-state index contributed by atoms with van der Waals surface area (Å²) in [7, 11) is 0. The fourth-order valence-corrected chi connectivity index (χ4v) is 1.81. The first-order valence-electron chi connectivity index (χ1n) is 5.04. The molecule has 0 amide bonds. The zero-order valence-corrected chi connectivity index (χ0v) is 9.67. The van der Waals surface area contributed by atoms with Crippen molar-refractivity contribution in [2.75, 3.05) is 0 Å². The molecule has 2 atom stereocenters. The van der Waals surface area contributed by atoms with E-state index in [2.05, 4.69) is 10.1 Å². The van der Waals surface area contributed by atoms with Gasteiger partial charge >= 0.3 is 0 Å². The van der Waals surface area contributed by atoms with Crippen LogP contribution in [0, 0.1) is 0 Å². The summed E-state index contributed by atoms with van der Waals surface area (Å²) >= 11 is 5.85. The average Bonchev–Trinajstić information content (AvgIpc) is 2.66. The first-order chi connectivity index (χ1) is 7.68. The van der Waals surface area contributed by atoms with Gasteiger partial charge in [-0.1, -0.05) is 17.7 Å². The maximum absolute atomic E-state index is 5.97. The molecule has 2 aromatic rings. The zero-order chi connectivity index (χ0) is 11.5. The maximum Gasteiger partial charge on any atom is 0.109 e. The summed E-state index contributed by atoms with van der Waals surface area (Å²) in [6.45, 7) is 1.93. The van der Waals surface area contributed by atoms with E-state index in [0.29, 0.717) is 5.02 Å². The Hall–Kier alpha value is -1.39. The number of aromatic nitrogens is 3. The summed E-state index contributed by atoms with van der Waals surface area (Å²) in [4.78, 5) is 4.30. The summed E-state index contributed by atoms with van der Waals surface area (Å²) in [5, 5.41) is 4.78. The number of hydrogen-bond donors (Lipinski definition) is 1. The van der Waals surface area contributed by atoms with E-state index in [-0.39, 0.29) is 12.1 Å². The van der Waals surface area contributed by atoms with Gasteiger partial charge in [-0.3, -0.25) is 9.67 Å². The van der Waals surface area contributed by atoms with Crippen LogP contribution in [0.1, 0.15) is 18.7 Å². The Morgan fingerprint density at radius 3 is 2.75 bits per heavy atom. The molecule has 2 unspecified atom stereocenters. The van der Waals surface area contributed by atoms with Gasteiger partial charge in [0.15, 0.2) is 0 Å². The molecule has 84 valence electrons. The molecule has 4 nitrogen and oxygen atoms in total. The highest BCUT2D eigenvalue weighted by atomic mass is 35.5. The van der Waals surface area contributed by atoms with Crippen molar-refractivity contribution < 1.29 is 0 Å². The molecule has 0 fully saturated rings. The van der Waals surface area contributed by atoms with Crippen molar-refractivity contribution in [1.82, 2.24) is 14.8 Å². The first-order valence-corrected chi connectivity index (χ1v) is 5.42. The average molecular weight is 237 g/mol.